The highest BCUT2D eigenvalue weighted by Gasteiger charge is 2.21. The van der Waals surface area contributed by atoms with Crippen molar-refractivity contribution in [3.8, 4) is 5.75 Å². The summed E-state index contributed by atoms with van der Waals surface area (Å²) in [7, 11) is 1.62. The fourth-order valence-electron chi connectivity index (χ4n) is 2.68. The van der Waals surface area contributed by atoms with Crippen LogP contribution in [0.15, 0.2) is 42.6 Å². The van der Waals surface area contributed by atoms with Gasteiger partial charge in [0.25, 0.3) is 5.91 Å². The smallest absolute Gasteiger partial charge is 0.354 e. The van der Waals surface area contributed by atoms with Gasteiger partial charge in [0.15, 0.2) is 0 Å². The van der Waals surface area contributed by atoms with Gasteiger partial charge in [-0.15, -0.1) is 0 Å². The first-order valence-electron chi connectivity index (χ1n) is 8.09. The summed E-state index contributed by atoms with van der Waals surface area (Å²) >= 11 is 0. The van der Waals surface area contributed by atoms with E-state index in [0.717, 1.165) is 11.3 Å². The molecule has 0 bridgehead atoms. The van der Waals surface area contributed by atoms with E-state index in [2.05, 4.69) is 4.98 Å². The molecule has 0 aliphatic carbocycles. The third-order valence-corrected chi connectivity index (χ3v) is 4.05. The molecule has 1 N–H and O–H groups in total. The van der Waals surface area contributed by atoms with Crippen LogP contribution in [0, 0.1) is 0 Å². The Morgan fingerprint density at radius 2 is 1.88 bits per heavy atom. The van der Waals surface area contributed by atoms with Crippen molar-refractivity contribution in [2.24, 2.45) is 0 Å². The quantitative estimate of drug-likeness (QED) is 0.837. The van der Waals surface area contributed by atoms with Crippen LogP contribution in [0.1, 0.15) is 40.3 Å². The lowest BCUT2D eigenvalue weighted by atomic mass is 10.0. The van der Waals surface area contributed by atoms with E-state index in [0.29, 0.717) is 18.5 Å². The Morgan fingerprint density at radius 1 is 1.20 bits per heavy atom. The number of amides is 1. The maximum Gasteiger partial charge on any atom is 0.354 e. The average Bonchev–Trinajstić information content (AvgIpc) is 2.63. The standard InChI is InChI=1S/C19H22N2O4/c1-4-21(13(2)11-14-5-8-16(25-3)9-6-14)18(22)15-7-10-17(19(23)24)20-12-15/h5-10,12-13H,4,11H2,1-3H3,(H,23,24). The van der Waals surface area contributed by atoms with Crippen molar-refractivity contribution in [3.05, 3.63) is 59.4 Å². The molecule has 0 fully saturated rings. The molecular formula is C19H22N2O4. The van der Waals surface area contributed by atoms with Gasteiger partial charge in [-0.05, 0) is 50.1 Å². The van der Waals surface area contributed by atoms with E-state index in [-0.39, 0.29) is 17.6 Å². The Labute approximate surface area is 147 Å². The lowest BCUT2D eigenvalue weighted by Gasteiger charge is -2.28. The number of carbonyl (C=O) groups is 2. The number of carboxylic acid groups (broad SMARTS) is 1. The Hall–Kier alpha value is -2.89. The molecule has 6 heteroatoms. The van der Waals surface area contributed by atoms with Crippen molar-refractivity contribution >= 4 is 11.9 Å². The number of carboxylic acids is 1. The molecule has 1 atom stereocenters. The predicted molar refractivity (Wildman–Crippen MR) is 94.1 cm³/mol. The normalized spacial score (nSPS) is 11.6. The van der Waals surface area contributed by atoms with Gasteiger partial charge in [0, 0.05) is 18.8 Å². The molecule has 132 valence electrons. The van der Waals surface area contributed by atoms with Crippen molar-refractivity contribution in [1.29, 1.82) is 0 Å². The fraction of sp³-hybridized carbons (Fsp3) is 0.316. The highest BCUT2D eigenvalue weighted by atomic mass is 16.5. The number of carbonyl (C=O) groups excluding carboxylic acids is 1. The van der Waals surface area contributed by atoms with Gasteiger partial charge < -0.3 is 14.7 Å². The summed E-state index contributed by atoms with van der Waals surface area (Å²) in [4.78, 5) is 29.1. The summed E-state index contributed by atoms with van der Waals surface area (Å²) < 4.78 is 5.15. The first kappa shape index (κ1) is 18.4. The summed E-state index contributed by atoms with van der Waals surface area (Å²) in [5, 5.41) is 8.89. The molecular weight excluding hydrogens is 320 g/mol. The van der Waals surface area contributed by atoms with Gasteiger partial charge in [0.1, 0.15) is 11.4 Å². The maximum atomic E-state index is 12.7. The number of pyridine rings is 1. The molecule has 6 nitrogen and oxygen atoms in total. The number of ether oxygens (including phenoxy) is 1. The number of methoxy groups -OCH3 is 1. The lowest BCUT2D eigenvalue weighted by Crippen LogP contribution is -2.39. The predicted octanol–water partition coefficient (Wildman–Crippen LogP) is 2.88. The van der Waals surface area contributed by atoms with E-state index in [1.807, 2.05) is 38.1 Å². The van der Waals surface area contributed by atoms with Gasteiger partial charge in [-0.1, -0.05) is 12.1 Å². The summed E-state index contributed by atoms with van der Waals surface area (Å²) in [6, 6.07) is 10.6. The topological polar surface area (TPSA) is 79.7 Å². The van der Waals surface area contributed by atoms with E-state index in [9.17, 15) is 9.59 Å². The SMILES string of the molecule is CCN(C(=O)c1ccc(C(=O)O)nc1)C(C)Cc1ccc(OC)cc1. The van der Waals surface area contributed by atoms with Crippen molar-refractivity contribution in [2.45, 2.75) is 26.3 Å². The minimum atomic E-state index is -1.11. The summed E-state index contributed by atoms with van der Waals surface area (Å²) in [5.41, 5.74) is 1.42. The van der Waals surface area contributed by atoms with Crippen LogP contribution in [0.2, 0.25) is 0 Å². The monoisotopic (exact) mass is 342 g/mol. The average molecular weight is 342 g/mol. The molecule has 0 saturated carbocycles. The second kappa shape index (κ2) is 8.28. The van der Waals surface area contributed by atoms with Crippen molar-refractivity contribution in [2.75, 3.05) is 13.7 Å². The van der Waals surface area contributed by atoms with Crippen LogP contribution >= 0.6 is 0 Å². The molecule has 1 aromatic heterocycles. The highest BCUT2D eigenvalue weighted by molar-refractivity contribution is 5.95. The molecule has 0 spiro atoms. The molecule has 0 aliphatic heterocycles. The van der Waals surface area contributed by atoms with Gasteiger partial charge in [0.05, 0.1) is 12.7 Å². The number of rotatable bonds is 7. The zero-order valence-electron chi connectivity index (χ0n) is 14.6. The van der Waals surface area contributed by atoms with Gasteiger partial charge in [-0.25, -0.2) is 9.78 Å². The Morgan fingerprint density at radius 3 is 2.36 bits per heavy atom. The summed E-state index contributed by atoms with van der Waals surface area (Å²) in [6.07, 6.45) is 2.03. The molecule has 1 unspecified atom stereocenters. The van der Waals surface area contributed by atoms with Gasteiger partial charge >= 0.3 is 5.97 Å². The zero-order valence-corrected chi connectivity index (χ0v) is 14.6. The summed E-state index contributed by atoms with van der Waals surface area (Å²) in [5.74, 6) is -0.475. The maximum absolute atomic E-state index is 12.7. The molecule has 0 radical (unpaired) electrons. The Bertz CT molecular complexity index is 726. The van der Waals surface area contributed by atoms with E-state index in [4.69, 9.17) is 9.84 Å². The van der Waals surface area contributed by atoms with Crippen LogP contribution in [-0.2, 0) is 6.42 Å². The zero-order chi connectivity index (χ0) is 18.4. The van der Waals surface area contributed by atoms with Gasteiger partial charge in [0.2, 0.25) is 0 Å². The minimum Gasteiger partial charge on any atom is -0.497 e. The lowest BCUT2D eigenvalue weighted by molar-refractivity contribution is 0.0679. The third kappa shape index (κ3) is 4.56. The number of nitrogens with zero attached hydrogens (tertiary/aromatic N) is 2. The van der Waals surface area contributed by atoms with E-state index < -0.39 is 5.97 Å². The van der Waals surface area contributed by atoms with Crippen LogP contribution in [-0.4, -0.2) is 46.6 Å². The van der Waals surface area contributed by atoms with E-state index >= 15 is 0 Å². The summed E-state index contributed by atoms with van der Waals surface area (Å²) in [6.45, 7) is 4.46. The number of benzene rings is 1. The second-order valence-corrected chi connectivity index (χ2v) is 5.73. The molecule has 0 saturated heterocycles. The van der Waals surface area contributed by atoms with Crippen molar-refractivity contribution < 1.29 is 19.4 Å². The highest BCUT2D eigenvalue weighted by Crippen LogP contribution is 2.16. The van der Waals surface area contributed by atoms with Gasteiger partial charge in [-0.2, -0.15) is 0 Å². The molecule has 2 aromatic rings. The van der Waals surface area contributed by atoms with Crippen LogP contribution in [0.5, 0.6) is 5.75 Å². The minimum absolute atomic E-state index is 0.00922. The fourth-order valence-corrected chi connectivity index (χ4v) is 2.68. The Kier molecular flexibility index (Phi) is 6.11. The molecule has 2 rings (SSSR count). The van der Waals surface area contributed by atoms with E-state index in [1.165, 1.54) is 18.3 Å². The molecule has 1 amide bonds. The number of hydrogen-bond donors (Lipinski definition) is 1. The van der Waals surface area contributed by atoms with Crippen molar-refractivity contribution in [3.63, 3.8) is 0 Å². The molecule has 25 heavy (non-hydrogen) atoms. The van der Waals surface area contributed by atoms with Crippen molar-refractivity contribution in [1.82, 2.24) is 9.88 Å². The number of aromatic nitrogens is 1. The van der Waals surface area contributed by atoms with Crippen LogP contribution < -0.4 is 4.74 Å². The van der Waals surface area contributed by atoms with Gasteiger partial charge in [-0.3, -0.25) is 4.79 Å². The van der Waals surface area contributed by atoms with Crippen LogP contribution in [0.3, 0.4) is 0 Å². The molecule has 1 heterocycles. The number of hydrogen-bond acceptors (Lipinski definition) is 4. The van der Waals surface area contributed by atoms with E-state index in [1.54, 1.807) is 12.0 Å². The largest absolute Gasteiger partial charge is 0.497 e. The first-order chi connectivity index (χ1) is 12.0. The second-order valence-electron chi connectivity index (χ2n) is 5.73. The third-order valence-electron chi connectivity index (χ3n) is 4.05. The number of aromatic carboxylic acids is 1. The Balaban J connectivity index is 2.10. The van der Waals surface area contributed by atoms with Crippen LogP contribution in [0.25, 0.3) is 0 Å². The number of likely N-dealkylation sites (N-methyl/N-ethyl adjacent to an activating group) is 1. The molecule has 0 aliphatic rings. The van der Waals surface area contributed by atoms with Crippen LogP contribution in [0.4, 0.5) is 0 Å². The first-order valence-corrected chi connectivity index (χ1v) is 8.09. The molecule has 1 aromatic carbocycles.